The first-order chi connectivity index (χ1) is 8.28. The van der Waals surface area contributed by atoms with E-state index < -0.39 is 0 Å². The molecule has 1 heterocycles. The first kappa shape index (κ1) is 10.9. The van der Waals surface area contributed by atoms with Crippen molar-refractivity contribution in [2.24, 2.45) is 0 Å². The summed E-state index contributed by atoms with van der Waals surface area (Å²) < 4.78 is 11.3. The normalized spacial score (nSPS) is 27.2. The largest absolute Gasteiger partial charge is 0.493 e. The highest BCUT2D eigenvalue weighted by Crippen LogP contribution is 2.42. The predicted molar refractivity (Wildman–Crippen MR) is 66.6 cm³/mol. The SMILES string of the molecule is COc1cccc2c1OC(C)CC2NC1CC1. The van der Waals surface area contributed by atoms with Crippen molar-refractivity contribution in [2.75, 3.05) is 7.11 Å². The van der Waals surface area contributed by atoms with Crippen molar-refractivity contribution in [1.82, 2.24) is 5.32 Å². The van der Waals surface area contributed by atoms with E-state index >= 15 is 0 Å². The lowest BCUT2D eigenvalue weighted by Crippen LogP contribution is -2.32. The summed E-state index contributed by atoms with van der Waals surface area (Å²) in [5.74, 6) is 1.77. The molecule has 1 aromatic carbocycles. The van der Waals surface area contributed by atoms with Gasteiger partial charge < -0.3 is 14.8 Å². The molecule has 0 spiro atoms. The summed E-state index contributed by atoms with van der Waals surface area (Å²) in [6.07, 6.45) is 3.90. The Bertz CT molecular complexity index is 415. The Balaban J connectivity index is 1.93. The summed E-state index contributed by atoms with van der Waals surface area (Å²) in [6, 6.07) is 7.27. The van der Waals surface area contributed by atoms with E-state index in [1.54, 1.807) is 7.11 Å². The maximum Gasteiger partial charge on any atom is 0.166 e. The van der Waals surface area contributed by atoms with Crippen LogP contribution in [0, 0.1) is 0 Å². The van der Waals surface area contributed by atoms with Gasteiger partial charge in [-0.15, -0.1) is 0 Å². The lowest BCUT2D eigenvalue weighted by Gasteiger charge is -2.32. The predicted octanol–water partition coefficient (Wildman–Crippen LogP) is 2.66. The molecule has 3 nitrogen and oxygen atoms in total. The van der Waals surface area contributed by atoms with Crippen molar-refractivity contribution in [3.8, 4) is 11.5 Å². The lowest BCUT2D eigenvalue weighted by atomic mass is 9.96. The Kier molecular flexibility index (Phi) is 2.71. The molecule has 0 bridgehead atoms. The molecule has 1 fully saturated rings. The molecule has 0 amide bonds. The van der Waals surface area contributed by atoms with Gasteiger partial charge in [-0.3, -0.25) is 0 Å². The van der Waals surface area contributed by atoms with E-state index in [1.807, 2.05) is 12.1 Å². The van der Waals surface area contributed by atoms with Gasteiger partial charge in [0, 0.05) is 24.1 Å². The molecule has 1 saturated carbocycles. The molecule has 1 aliphatic carbocycles. The third-order valence-electron chi connectivity index (χ3n) is 3.51. The Hall–Kier alpha value is -1.22. The van der Waals surface area contributed by atoms with Crippen LogP contribution in [-0.4, -0.2) is 19.3 Å². The molecule has 1 N–H and O–H groups in total. The van der Waals surface area contributed by atoms with Gasteiger partial charge >= 0.3 is 0 Å². The quantitative estimate of drug-likeness (QED) is 0.870. The Morgan fingerprint density at radius 3 is 2.88 bits per heavy atom. The lowest BCUT2D eigenvalue weighted by molar-refractivity contribution is 0.158. The highest BCUT2D eigenvalue weighted by atomic mass is 16.5. The van der Waals surface area contributed by atoms with Crippen molar-refractivity contribution >= 4 is 0 Å². The number of para-hydroxylation sites is 1. The summed E-state index contributed by atoms with van der Waals surface area (Å²) in [6.45, 7) is 2.12. The third-order valence-corrected chi connectivity index (χ3v) is 3.51. The molecule has 1 aliphatic heterocycles. The van der Waals surface area contributed by atoms with Crippen molar-refractivity contribution in [3.63, 3.8) is 0 Å². The van der Waals surface area contributed by atoms with Crippen molar-refractivity contribution < 1.29 is 9.47 Å². The summed E-state index contributed by atoms with van der Waals surface area (Å²) in [5, 5.41) is 3.70. The summed E-state index contributed by atoms with van der Waals surface area (Å²) in [5.41, 5.74) is 1.24. The van der Waals surface area contributed by atoms with Gasteiger partial charge in [0.1, 0.15) is 0 Å². The molecule has 92 valence electrons. The maximum absolute atomic E-state index is 5.92. The zero-order valence-corrected chi connectivity index (χ0v) is 10.4. The average Bonchev–Trinajstić information content (AvgIpc) is 3.12. The van der Waals surface area contributed by atoms with Crippen LogP contribution in [0.3, 0.4) is 0 Å². The molecule has 2 unspecified atom stereocenters. The fourth-order valence-electron chi connectivity index (χ4n) is 2.49. The highest BCUT2D eigenvalue weighted by Gasteiger charge is 2.32. The Morgan fingerprint density at radius 2 is 2.18 bits per heavy atom. The van der Waals surface area contributed by atoms with Crippen LogP contribution in [-0.2, 0) is 0 Å². The molecule has 0 aromatic heterocycles. The van der Waals surface area contributed by atoms with Crippen LogP contribution >= 0.6 is 0 Å². The highest BCUT2D eigenvalue weighted by molar-refractivity contribution is 5.49. The topological polar surface area (TPSA) is 30.5 Å². The smallest absolute Gasteiger partial charge is 0.166 e. The molecule has 3 heteroatoms. The Labute approximate surface area is 102 Å². The zero-order chi connectivity index (χ0) is 11.8. The van der Waals surface area contributed by atoms with Crippen LogP contribution < -0.4 is 14.8 Å². The fourth-order valence-corrected chi connectivity index (χ4v) is 2.49. The molecule has 17 heavy (non-hydrogen) atoms. The molecule has 0 saturated heterocycles. The molecule has 2 atom stereocenters. The van der Waals surface area contributed by atoms with Gasteiger partial charge in [0.25, 0.3) is 0 Å². The molecule has 1 aromatic rings. The van der Waals surface area contributed by atoms with Crippen molar-refractivity contribution in [1.29, 1.82) is 0 Å². The van der Waals surface area contributed by atoms with E-state index in [-0.39, 0.29) is 6.10 Å². The third kappa shape index (κ3) is 2.12. The molecule has 2 aliphatic rings. The fraction of sp³-hybridized carbons (Fsp3) is 0.571. The van der Waals surface area contributed by atoms with Gasteiger partial charge in [0.2, 0.25) is 0 Å². The number of rotatable bonds is 3. The van der Waals surface area contributed by atoms with Crippen molar-refractivity contribution in [2.45, 2.75) is 44.4 Å². The van der Waals surface area contributed by atoms with E-state index in [9.17, 15) is 0 Å². The van der Waals surface area contributed by atoms with Gasteiger partial charge in [-0.2, -0.15) is 0 Å². The van der Waals surface area contributed by atoms with E-state index in [2.05, 4.69) is 18.3 Å². The minimum Gasteiger partial charge on any atom is -0.493 e. The van der Waals surface area contributed by atoms with E-state index in [0.717, 1.165) is 17.9 Å². The summed E-state index contributed by atoms with van der Waals surface area (Å²) in [7, 11) is 1.70. The van der Waals surface area contributed by atoms with Gasteiger partial charge in [-0.25, -0.2) is 0 Å². The van der Waals surface area contributed by atoms with Gasteiger partial charge in [-0.1, -0.05) is 12.1 Å². The maximum atomic E-state index is 5.92. The first-order valence-corrected chi connectivity index (χ1v) is 6.37. The Morgan fingerprint density at radius 1 is 1.35 bits per heavy atom. The van der Waals surface area contributed by atoms with Crippen LogP contribution in [0.1, 0.15) is 37.8 Å². The van der Waals surface area contributed by atoms with Gasteiger partial charge in [0.05, 0.1) is 13.2 Å². The number of fused-ring (bicyclic) bond motifs is 1. The van der Waals surface area contributed by atoms with E-state index in [1.165, 1.54) is 18.4 Å². The number of hydrogen-bond donors (Lipinski definition) is 1. The molecular weight excluding hydrogens is 214 g/mol. The van der Waals surface area contributed by atoms with Gasteiger partial charge in [-0.05, 0) is 25.8 Å². The van der Waals surface area contributed by atoms with Crippen LogP contribution in [0.2, 0.25) is 0 Å². The minimum absolute atomic E-state index is 0.245. The second-order valence-corrected chi connectivity index (χ2v) is 5.04. The van der Waals surface area contributed by atoms with E-state index in [0.29, 0.717) is 12.1 Å². The van der Waals surface area contributed by atoms with Gasteiger partial charge in [0.15, 0.2) is 11.5 Å². The number of benzene rings is 1. The van der Waals surface area contributed by atoms with Crippen LogP contribution in [0.5, 0.6) is 11.5 Å². The number of ether oxygens (including phenoxy) is 2. The number of nitrogens with one attached hydrogen (secondary N) is 1. The van der Waals surface area contributed by atoms with E-state index in [4.69, 9.17) is 9.47 Å². The van der Waals surface area contributed by atoms with Crippen LogP contribution in [0.25, 0.3) is 0 Å². The van der Waals surface area contributed by atoms with Crippen molar-refractivity contribution in [3.05, 3.63) is 23.8 Å². The van der Waals surface area contributed by atoms with Crippen LogP contribution in [0.15, 0.2) is 18.2 Å². The standard InChI is InChI=1S/C14H19NO2/c1-9-8-12(15-10-6-7-10)11-4-3-5-13(16-2)14(11)17-9/h3-5,9-10,12,15H,6-8H2,1-2H3. The van der Waals surface area contributed by atoms with Crippen LogP contribution in [0.4, 0.5) is 0 Å². The summed E-state index contributed by atoms with van der Waals surface area (Å²) >= 11 is 0. The first-order valence-electron chi connectivity index (χ1n) is 6.37. The molecule has 3 rings (SSSR count). The summed E-state index contributed by atoms with van der Waals surface area (Å²) in [4.78, 5) is 0. The molecular formula is C14H19NO2. The zero-order valence-electron chi connectivity index (χ0n) is 10.4. The second kappa shape index (κ2) is 4.22. The number of hydrogen-bond acceptors (Lipinski definition) is 3. The average molecular weight is 233 g/mol. The number of methoxy groups -OCH3 is 1. The molecule has 0 radical (unpaired) electrons. The second-order valence-electron chi connectivity index (χ2n) is 5.04. The minimum atomic E-state index is 0.245. The monoisotopic (exact) mass is 233 g/mol.